The van der Waals surface area contributed by atoms with Gasteiger partial charge in [0.15, 0.2) is 0 Å². The Hall–Kier alpha value is -3.83. The van der Waals surface area contributed by atoms with E-state index in [1.165, 1.54) is 15.5 Å². The van der Waals surface area contributed by atoms with Crippen LogP contribution in [0.15, 0.2) is 126 Å². The summed E-state index contributed by atoms with van der Waals surface area (Å²) >= 11 is -1.72. The Morgan fingerprint density at radius 2 is 1.52 bits per heavy atom. The number of nitrogens with zero attached hydrogens (tertiary/aromatic N) is 2. The quantitative estimate of drug-likeness (QED) is 0.124. The van der Waals surface area contributed by atoms with Gasteiger partial charge in [0, 0.05) is 31.7 Å². The van der Waals surface area contributed by atoms with Crippen molar-refractivity contribution in [2.75, 3.05) is 0 Å². The van der Waals surface area contributed by atoms with Gasteiger partial charge in [0.05, 0.1) is 5.58 Å². The van der Waals surface area contributed by atoms with E-state index < -0.39 is 13.3 Å². The maximum Gasteiger partial charge on any atom is 0 e. The van der Waals surface area contributed by atoms with E-state index in [-0.39, 0.29) is 20.1 Å². The van der Waals surface area contributed by atoms with Crippen molar-refractivity contribution in [2.45, 2.75) is 37.5 Å². The van der Waals surface area contributed by atoms with E-state index in [9.17, 15) is 0 Å². The van der Waals surface area contributed by atoms with Crippen molar-refractivity contribution in [3.8, 4) is 33.6 Å². The van der Waals surface area contributed by atoms with Crippen LogP contribution in [0, 0.1) is 18.1 Å². The Labute approximate surface area is 288 Å². The predicted molar refractivity (Wildman–Crippen MR) is 191 cm³/mol. The molecule has 0 unspecified atom stereocenters. The van der Waals surface area contributed by atoms with Crippen LogP contribution in [-0.4, -0.2) is 23.2 Å². The van der Waals surface area contributed by atoms with Crippen molar-refractivity contribution in [2.24, 2.45) is 5.92 Å². The van der Waals surface area contributed by atoms with E-state index in [1.54, 1.807) is 0 Å². The fourth-order valence-electron chi connectivity index (χ4n) is 5.50. The number of fused-ring (bicyclic) bond motifs is 3. The summed E-state index contributed by atoms with van der Waals surface area (Å²) in [5.41, 5.74) is 9.28. The Kier molecular flexibility index (Phi) is 10.7. The topological polar surface area (TPSA) is 38.9 Å². The molecule has 0 saturated carbocycles. The van der Waals surface area contributed by atoms with Crippen LogP contribution in [0.5, 0.6) is 0 Å². The first-order chi connectivity index (χ1) is 21.8. The van der Waals surface area contributed by atoms with Gasteiger partial charge in [-0.3, -0.25) is 0 Å². The van der Waals surface area contributed by atoms with Gasteiger partial charge < -0.3 is 9.40 Å². The molecule has 0 saturated heterocycles. The molecular weight excluding hydrogens is 801 g/mol. The summed E-state index contributed by atoms with van der Waals surface area (Å²) in [6.07, 6.45) is 4.96. The molecule has 0 aliphatic heterocycles. The summed E-state index contributed by atoms with van der Waals surface area (Å²) in [6, 6.07) is 44.0. The monoisotopic (exact) mass is 841 g/mol. The van der Waals surface area contributed by atoms with E-state index in [4.69, 9.17) is 4.42 Å². The SMILES string of the molecule is CC(C)Cc1ccnc(-c2[c-]ccc3c2oc2cc(-c4ccccc4)ccc23)c1.[CH3][Ge]([CH3])([CH3])[c]1ccc(-c2[c-]cccc2)nc1.[Ir]. The first kappa shape index (κ1) is 33.5. The molecule has 3 nitrogen and oxygen atoms in total. The summed E-state index contributed by atoms with van der Waals surface area (Å²) < 4.78 is 7.79. The van der Waals surface area contributed by atoms with Crippen molar-refractivity contribution in [1.82, 2.24) is 9.97 Å². The summed E-state index contributed by atoms with van der Waals surface area (Å²) in [5.74, 6) is 7.75. The first-order valence-electron chi connectivity index (χ1n) is 15.6. The normalized spacial score (nSPS) is 11.3. The molecular formula is C41H38GeIrN2O-2. The molecule has 0 aliphatic carbocycles. The summed E-state index contributed by atoms with van der Waals surface area (Å²) in [4.78, 5) is 9.14. The maximum absolute atomic E-state index is 6.35. The first-order valence-corrected chi connectivity index (χ1v) is 22.9. The zero-order valence-electron chi connectivity index (χ0n) is 27.0. The average Bonchev–Trinajstić information content (AvgIpc) is 3.44. The molecule has 46 heavy (non-hydrogen) atoms. The van der Waals surface area contributed by atoms with E-state index in [2.05, 4.69) is 126 Å². The molecule has 7 rings (SSSR count). The van der Waals surface area contributed by atoms with Gasteiger partial charge >= 0.3 is 99.8 Å². The van der Waals surface area contributed by atoms with Gasteiger partial charge in [-0.25, -0.2) is 0 Å². The molecule has 0 amide bonds. The van der Waals surface area contributed by atoms with Crippen LogP contribution in [-0.2, 0) is 26.5 Å². The van der Waals surface area contributed by atoms with Gasteiger partial charge in [0.2, 0.25) is 0 Å². The zero-order chi connectivity index (χ0) is 31.4. The van der Waals surface area contributed by atoms with Gasteiger partial charge in [-0.2, -0.15) is 0 Å². The minimum Gasteiger partial charge on any atom is 0 e. The number of furan rings is 1. The molecule has 4 aromatic carbocycles. The smallest absolute Gasteiger partial charge is 0 e. The zero-order valence-corrected chi connectivity index (χ0v) is 31.5. The van der Waals surface area contributed by atoms with E-state index in [0.717, 1.165) is 56.4 Å². The van der Waals surface area contributed by atoms with Crippen LogP contribution in [0.25, 0.3) is 55.6 Å². The Morgan fingerprint density at radius 3 is 2.22 bits per heavy atom. The van der Waals surface area contributed by atoms with Crippen LogP contribution in [0.3, 0.4) is 0 Å². The van der Waals surface area contributed by atoms with Gasteiger partial charge in [-0.05, 0) is 41.3 Å². The van der Waals surface area contributed by atoms with Crippen LogP contribution in [0.4, 0.5) is 0 Å². The van der Waals surface area contributed by atoms with Gasteiger partial charge in [0.25, 0.3) is 0 Å². The molecule has 233 valence electrons. The maximum atomic E-state index is 6.35. The molecule has 0 aliphatic rings. The molecule has 0 bridgehead atoms. The molecule has 0 N–H and O–H groups in total. The van der Waals surface area contributed by atoms with Crippen LogP contribution in [0.1, 0.15) is 19.4 Å². The predicted octanol–water partition coefficient (Wildman–Crippen LogP) is 10.4. The van der Waals surface area contributed by atoms with Crippen molar-refractivity contribution in [1.29, 1.82) is 0 Å². The van der Waals surface area contributed by atoms with Crippen LogP contribution in [0.2, 0.25) is 17.3 Å². The fourth-order valence-corrected chi connectivity index (χ4v) is 7.67. The average molecular weight is 840 g/mol. The van der Waals surface area contributed by atoms with Crippen molar-refractivity contribution >= 4 is 39.6 Å². The summed E-state index contributed by atoms with van der Waals surface area (Å²) in [5, 5.41) is 2.22. The number of rotatable bonds is 6. The second kappa shape index (κ2) is 14.7. The molecule has 5 heteroatoms. The molecule has 3 aromatic heterocycles. The van der Waals surface area contributed by atoms with Crippen molar-refractivity contribution in [3.05, 3.63) is 139 Å². The number of aromatic nitrogens is 2. The summed E-state index contributed by atoms with van der Waals surface area (Å²) in [6.45, 7) is 4.47. The molecule has 3 heterocycles. The summed E-state index contributed by atoms with van der Waals surface area (Å²) in [7, 11) is 0. The van der Waals surface area contributed by atoms with Gasteiger partial charge in [-0.1, -0.05) is 78.9 Å². The minimum absolute atomic E-state index is 0. The van der Waals surface area contributed by atoms with Crippen molar-refractivity contribution in [3.63, 3.8) is 0 Å². The third kappa shape index (κ3) is 7.75. The molecule has 0 spiro atoms. The van der Waals surface area contributed by atoms with Gasteiger partial charge in [-0.15, -0.1) is 18.2 Å². The Bertz CT molecular complexity index is 2030. The Balaban J connectivity index is 0.000000209. The number of hydrogen-bond donors (Lipinski definition) is 0. The van der Waals surface area contributed by atoms with Gasteiger partial charge in [0.1, 0.15) is 5.58 Å². The molecule has 0 atom stereocenters. The second-order valence-electron chi connectivity index (χ2n) is 12.9. The minimum atomic E-state index is -1.72. The number of pyridine rings is 2. The second-order valence-corrected chi connectivity index (χ2v) is 23.5. The van der Waals surface area contributed by atoms with E-state index in [1.807, 2.05) is 48.8 Å². The fraction of sp³-hybridized carbons (Fsp3) is 0.171. The largest absolute Gasteiger partial charge is 0 e. The van der Waals surface area contributed by atoms with E-state index in [0.29, 0.717) is 5.92 Å². The Morgan fingerprint density at radius 1 is 0.717 bits per heavy atom. The standard InChI is InChI=1S/C27H22NO.C14H16GeN.Ir/c1-18(2)15-19-13-14-28-25(16-19)24-10-6-9-23-22-12-11-21(17-26(22)29-27(23)24)20-7-4-3-5-8-20;1-15(2,3)13-9-10-14(16-11-13)12-7-5-4-6-8-12;/h3-9,11-14,16-18H,15H2,1-2H3;4-7,9-11H,1-3H3;/q2*-1;. The van der Waals surface area contributed by atoms with E-state index >= 15 is 0 Å². The van der Waals surface area contributed by atoms with Crippen LogP contribution >= 0.6 is 0 Å². The third-order valence-electron chi connectivity index (χ3n) is 7.88. The third-order valence-corrected chi connectivity index (χ3v) is 12.1. The van der Waals surface area contributed by atoms with Crippen molar-refractivity contribution < 1.29 is 24.5 Å². The van der Waals surface area contributed by atoms with Crippen LogP contribution < -0.4 is 4.40 Å². The number of hydrogen-bond acceptors (Lipinski definition) is 3. The molecule has 7 aromatic rings. The molecule has 0 fully saturated rings. The molecule has 1 radical (unpaired) electrons. The number of benzene rings is 4.